The van der Waals surface area contributed by atoms with Crippen LogP contribution in [0.3, 0.4) is 0 Å². The topological polar surface area (TPSA) is 41.1 Å². The predicted octanol–water partition coefficient (Wildman–Crippen LogP) is 3.95. The first-order valence-electron chi connectivity index (χ1n) is 8.16. The summed E-state index contributed by atoms with van der Waals surface area (Å²) < 4.78 is 0. The Hall–Kier alpha value is -1.35. The quantitative estimate of drug-likeness (QED) is 0.861. The Kier molecular flexibility index (Phi) is 5.80. The molecule has 1 saturated carbocycles. The summed E-state index contributed by atoms with van der Waals surface area (Å²) in [4.78, 5) is 11.0. The molecule has 1 aromatic rings. The van der Waals surface area contributed by atoms with E-state index < -0.39 is 0 Å². The molecule has 1 fully saturated rings. The Morgan fingerprint density at radius 1 is 1.19 bits per heavy atom. The number of nitrogens with one attached hydrogen (secondary N) is 2. The van der Waals surface area contributed by atoms with Gasteiger partial charge in [-0.1, -0.05) is 38.8 Å². The van der Waals surface area contributed by atoms with Gasteiger partial charge in [-0.15, -0.1) is 0 Å². The second kappa shape index (κ2) is 7.60. The Labute approximate surface area is 128 Å². The highest BCUT2D eigenvalue weighted by molar-refractivity contribution is 5.88. The van der Waals surface area contributed by atoms with E-state index in [0.717, 1.165) is 24.1 Å². The lowest BCUT2D eigenvalue weighted by atomic mass is 9.78. The number of carbonyl (C=O) groups is 1. The van der Waals surface area contributed by atoms with Crippen LogP contribution in [0.2, 0.25) is 0 Å². The molecule has 2 atom stereocenters. The van der Waals surface area contributed by atoms with Gasteiger partial charge in [-0.25, -0.2) is 0 Å². The molecule has 3 nitrogen and oxygen atoms in total. The van der Waals surface area contributed by atoms with Crippen LogP contribution in [-0.2, 0) is 11.3 Å². The zero-order valence-corrected chi connectivity index (χ0v) is 13.5. The number of amides is 1. The van der Waals surface area contributed by atoms with Crippen molar-refractivity contribution < 1.29 is 4.79 Å². The fraction of sp³-hybridized carbons (Fsp3) is 0.611. The molecular formula is C18H28N2O. The van der Waals surface area contributed by atoms with Crippen LogP contribution in [0.4, 0.5) is 5.69 Å². The smallest absolute Gasteiger partial charge is 0.221 e. The van der Waals surface area contributed by atoms with Gasteiger partial charge in [-0.3, -0.25) is 4.79 Å². The zero-order valence-electron chi connectivity index (χ0n) is 13.5. The molecule has 0 aliphatic heterocycles. The predicted molar refractivity (Wildman–Crippen MR) is 88.2 cm³/mol. The lowest BCUT2D eigenvalue weighted by Gasteiger charge is -2.35. The molecule has 0 heterocycles. The number of rotatable bonds is 5. The summed E-state index contributed by atoms with van der Waals surface area (Å²) in [5.74, 6) is 1.53. The van der Waals surface area contributed by atoms with Crippen LogP contribution in [0.15, 0.2) is 24.3 Å². The van der Waals surface area contributed by atoms with E-state index >= 15 is 0 Å². The average molecular weight is 288 g/mol. The van der Waals surface area contributed by atoms with Crippen LogP contribution < -0.4 is 10.6 Å². The monoisotopic (exact) mass is 288 g/mol. The van der Waals surface area contributed by atoms with Crippen molar-refractivity contribution in [1.29, 1.82) is 0 Å². The second-order valence-electron chi connectivity index (χ2n) is 6.56. The number of benzene rings is 1. The van der Waals surface area contributed by atoms with Crippen molar-refractivity contribution in [3.8, 4) is 0 Å². The van der Waals surface area contributed by atoms with Gasteiger partial charge in [0.1, 0.15) is 0 Å². The summed E-state index contributed by atoms with van der Waals surface area (Å²) in [6, 6.07) is 8.77. The maximum Gasteiger partial charge on any atom is 0.221 e. The van der Waals surface area contributed by atoms with Crippen molar-refractivity contribution in [2.45, 2.75) is 59.0 Å². The SMILES string of the molecule is CC(=O)Nc1ccc(CNC2CCCCC2C(C)C)cc1. The number of carbonyl (C=O) groups excluding carboxylic acids is 1. The summed E-state index contributed by atoms with van der Waals surface area (Å²) in [5, 5.41) is 6.54. The van der Waals surface area contributed by atoms with Crippen LogP contribution in [-0.4, -0.2) is 11.9 Å². The molecule has 1 aromatic carbocycles. The molecule has 2 N–H and O–H groups in total. The van der Waals surface area contributed by atoms with Gasteiger partial charge < -0.3 is 10.6 Å². The minimum absolute atomic E-state index is 0.0251. The lowest BCUT2D eigenvalue weighted by Crippen LogP contribution is -2.40. The highest BCUT2D eigenvalue weighted by Gasteiger charge is 2.26. The minimum Gasteiger partial charge on any atom is -0.326 e. The summed E-state index contributed by atoms with van der Waals surface area (Å²) >= 11 is 0. The van der Waals surface area contributed by atoms with Crippen molar-refractivity contribution >= 4 is 11.6 Å². The fourth-order valence-corrected chi connectivity index (χ4v) is 3.37. The van der Waals surface area contributed by atoms with Crippen LogP contribution in [0.5, 0.6) is 0 Å². The van der Waals surface area contributed by atoms with E-state index in [4.69, 9.17) is 0 Å². The van der Waals surface area contributed by atoms with E-state index in [0.29, 0.717) is 6.04 Å². The van der Waals surface area contributed by atoms with Gasteiger partial charge in [0.15, 0.2) is 0 Å². The molecule has 0 aromatic heterocycles. The van der Waals surface area contributed by atoms with Crippen molar-refractivity contribution in [2.75, 3.05) is 5.32 Å². The lowest BCUT2D eigenvalue weighted by molar-refractivity contribution is -0.114. The molecule has 0 saturated heterocycles. The van der Waals surface area contributed by atoms with Crippen molar-refractivity contribution in [1.82, 2.24) is 5.32 Å². The largest absolute Gasteiger partial charge is 0.326 e. The molecule has 0 spiro atoms. The Balaban J connectivity index is 1.88. The van der Waals surface area contributed by atoms with Crippen molar-refractivity contribution in [3.63, 3.8) is 0 Å². The highest BCUT2D eigenvalue weighted by Crippen LogP contribution is 2.30. The van der Waals surface area contributed by atoms with Crippen LogP contribution in [0.1, 0.15) is 52.0 Å². The summed E-state index contributed by atoms with van der Waals surface area (Å²) in [7, 11) is 0. The van der Waals surface area contributed by atoms with E-state index in [1.807, 2.05) is 12.1 Å². The second-order valence-corrected chi connectivity index (χ2v) is 6.56. The third kappa shape index (κ3) is 4.85. The molecule has 3 heteroatoms. The first kappa shape index (κ1) is 16.0. The maximum absolute atomic E-state index is 11.0. The summed E-state index contributed by atoms with van der Waals surface area (Å²) in [6.45, 7) is 7.12. The van der Waals surface area contributed by atoms with Crippen LogP contribution >= 0.6 is 0 Å². The Morgan fingerprint density at radius 3 is 2.48 bits per heavy atom. The first-order chi connectivity index (χ1) is 10.1. The minimum atomic E-state index is -0.0251. The van der Waals surface area contributed by atoms with E-state index in [9.17, 15) is 4.79 Å². The molecule has 116 valence electrons. The van der Waals surface area contributed by atoms with Gasteiger partial charge in [-0.05, 0) is 42.4 Å². The standard InChI is InChI=1S/C18H28N2O/c1-13(2)17-6-4-5-7-18(17)19-12-15-8-10-16(11-9-15)20-14(3)21/h8-11,13,17-19H,4-7,12H2,1-3H3,(H,20,21). The van der Waals surface area contributed by atoms with Crippen molar-refractivity contribution in [2.24, 2.45) is 11.8 Å². The van der Waals surface area contributed by atoms with Crippen LogP contribution in [0, 0.1) is 11.8 Å². The van der Waals surface area contributed by atoms with Gasteiger partial charge in [0, 0.05) is 25.2 Å². The van der Waals surface area contributed by atoms with Gasteiger partial charge >= 0.3 is 0 Å². The van der Waals surface area contributed by atoms with Gasteiger partial charge in [0.05, 0.1) is 0 Å². The average Bonchev–Trinajstić information content (AvgIpc) is 2.46. The van der Waals surface area contributed by atoms with E-state index in [-0.39, 0.29) is 5.91 Å². The zero-order chi connectivity index (χ0) is 15.2. The van der Waals surface area contributed by atoms with Gasteiger partial charge in [-0.2, -0.15) is 0 Å². The molecular weight excluding hydrogens is 260 g/mol. The number of hydrogen-bond acceptors (Lipinski definition) is 2. The third-order valence-corrected chi connectivity index (χ3v) is 4.52. The fourth-order valence-electron chi connectivity index (χ4n) is 3.37. The number of hydrogen-bond donors (Lipinski definition) is 2. The molecule has 0 bridgehead atoms. The summed E-state index contributed by atoms with van der Waals surface area (Å²) in [5.41, 5.74) is 2.14. The highest BCUT2D eigenvalue weighted by atomic mass is 16.1. The Morgan fingerprint density at radius 2 is 1.86 bits per heavy atom. The molecule has 1 aliphatic rings. The first-order valence-corrected chi connectivity index (χ1v) is 8.16. The normalized spacial score (nSPS) is 22.3. The Bertz CT molecular complexity index is 453. The molecule has 2 rings (SSSR count). The molecule has 2 unspecified atom stereocenters. The third-order valence-electron chi connectivity index (χ3n) is 4.52. The summed E-state index contributed by atoms with van der Waals surface area (Å²) in [6.07, 6.45) is 5.39. The maximum atomic E-state index is 11.0. The molecule has 21 heavy (non-hydrogen) atoms. The molecule has 1 aliphatic carbocycles. The van der Waals surface area contributed by atoms with Crippen LogP contribution in [0.25, 0.3) is 0 Å². The van der Waals surface area contributed by atoms with Gasteiger partial charge in [0.2, 0.25) is 5.91 Å². The van der Waals surface area contributed by atoms with Gasteiger partial charge in [0.25, 0.3) is 0 Å². The molecule has 0 radical (unpaired) electrons. The van der Waals surface area contributed by atoms with Crippen molar-refractivity contribution in [3.05, 3.63) is 29.8 Å². The number of anilines is 1. The molecule has 1 amide bonds. The van der Waals surface area contributed by atoms with E-state index in [2.05, 4.69) is 36.6 Å². The van der Waals surface area contributed by atoms with E-state index in [1.165, 1.54) is 38.2 Å². The van der Waals surface area contributed by atoms with E-state index in [1.54, 1.807) is 0 Å².